The molecule has 2 heterocycles. The van der Waals surface area contributed by atoms with Crippen molar-refractivity contribution in [1.82, 2.24) is 15.1 Å². The van der Waals surface area contributed by atoms with E-state index in [0.29, 0.717) is 6.04 Å². The van der Waals surface area contributed by atoms with Gasteiger partial charge in [0.2, 0.25) is 0 Å². The molecule has 0 spiro atoms. The quantitative estimate of drug-likeness (QED) is 0.840. The molecule has 0 bridgehead atoms. The molecular weight excluding hydrogens is 254 g/mol. The molecule has 104 valence electrons. The Bertz CT molecular complexity index is 487. The van der Waals surface area contributed by atoms with Gasteiger partial charge in [-0.25, -0.2) is 0 Å². The van der Waals surface area contributed by atoms with Gasteiger partial charge in [0.1, 0.15) is 0 Å². The van der Waals surface area contributed by atoms with Crippen LogP contribution in [0.3, 0.4) is 0 Å². The highest BCUT2D eigenvalue weighted by Crippen LogP contribution is 2.17. The van der Waals surface area contributed by atoms with Crippen molar-refractivity contribution in [2.24, 2.45) is 0 Å². The zero-order valence-corrected chi connectivity index (χ0v) is 12.8. The zero-order valence-electron chi connectivity index (χ0n) is 12.0. The minimum atomic E-state index is 0.422. The van der Waals surface area contributed by atoms with Crippen LogP contribution in [0.25, 0.3) is 0 Å². The number of hydrogen-bond donors (Lipinski definition) is 1. The van der Waals surface area contributed by atoms with E-state index < -0.39 is 0 Å². The summed E-state index contributed by atoms with van der Waals surface area (Å²) in [7, 11) is 0. The van der Waals surface area contributed by atoms with Crippen LogP contribution in [-0.4, -0.2) is 16.3 Å². The van der Waals surface area contributed by atoms with Gasteiger partial charge in [-0.2, -0.15) is 5.10 Å². The first-order chi connectivity index (χ1) is 9.24. The van der Waals surface area contributed by atoms with Crippen molar-refractivity contribution in [3.63, 3.8) is 0 Å². The Morgan fingerprint density at radius 2 is 2.21 bits per heavy atom. The normalized spacial score (nSPS) is 12.8. The Labute approximate surface area is 119 Å². The van der Waals surface area contributed by atoms with Gasteiger partial charge in [0.15, 0.2) is 0 Å². The first-order valence-corrected chi connectivity index (χ1v) is 7.95. The molecule has 0 saturated carbocycles. The highest BCUT2D eigenvalue weighted by Gasteiger charge is 2.07. The first kappa shape index (κ1) is 14.3. The molecule has 0 aromatic carbocycles. The van der Waals surface area contributed by atoms with Gasteiger partial charge in [0.25, 0.3) is 0 Å². The third kappa shape index (κ3) is 3.67. The van der Waals surface area contributed by atoms with Crippen LogP contribution in [0.15, 0.2) is 23.6 Å². The van der Waals surface area contributed by atoms with E-state index in [1.165, 1.54) is 16.3 Å². The number of nitrogens with one attached hydrogen (secondary N) is 1. The van der Waals surface area contributed by atoms with Crippen molar-refractivity contribution in [2.75, 3.05) is 6.54 Å². The maximum atomic E-state index is 4.64. The van der Waals surface area contributed by atoms with Gasteiger partial charge in [-0.15, -0.1) is 11.3 Å². The van der Waals surface area contributed by atoms with Crippen LogP contribution in [0, 0.1) is 0 Å². The molecule has 2 aromatic heterocycles. The smallest absolute Gasteiger partial charge is 0.0624 e. The molecule has 1 unspecified atom stereocenters. The molecule has 0 saturated heterocycles. The zero-order chi connectivity index (χ0) is 13.7. The maximum Gasteiger partial charge on any atom is 0.0624 e. The van der Waals surface area contributed by atoms with E-state index in [1.807, 2.05) is 11.3 Å². The average molecular weight is 277 g/mol. The van der Waals surface area contributed by atoms with Gasteiger partial charge in [0.05, 0.1) is 12.2 Å². The summed E-state index contributed by atoms with van der Waals surface area (Å²) in [5.41, 5.74) is 2.53. The lowest BCUT2D eigenvalue weighted by Gasteiger charge is -2.13. The second kappa shape index (κ2) is 6.87. The lowest BCUT2D eigenvalue weighted by molar-refractivity contribution is 0.499. The molecule has 19 heavy (non-hydrogen) atoms. The summed E-state index contributed by atoms with van der Waals surface area (Å²) in [6, 6.07) is 6.94. The minimum Gasteiger partial charge on any atom is -0.308 e. The van der Waals surface area contributed by atoms with Crippen LogP contribution in [0.4, 0.5) is 0 Å². The van der Waals surface area contributed by atoms with E-state index >= 15 is 0 Å². The molecule has 0 fully saturated rings. The van der Waals surface area contributed by atoms with Crippen molar-refractivity contribution in [3.05, 3.63) is 39.8 Å². The summed E-state index contributed by atoms with van der Waals surface area (Å²) < 4.78 is 2.15. The Kier molecular flexibility index (Phi) is 5.16. The largest absolute Gasteiger partial charge is 0.308 e. The van der Waals surface area contributed by atoms with Gasteiger partial charge in [0, 0.05) is 23.2 Å². The van der Waals surface area contributed by atoms with Gasteiger partial charge in [-0.3, -0.25) is 4.68 Å². The van der Waals surface area contributed by atoms with Crippen LogP contribution >= 0.6 is 11.3 Å². The van der Waals surface area contributed by atoms with Crippen molar-refractivity contribution in [1.29, 1.82) is 0 Å². The standard InChI is InChI=1S/C15H23N3S/c1-4-13-11-14(5-2)18(17-13)9-8-16-12(3)15-7-6-10-19-15/h6-7,10-12,16H,4-5,8-9H2,1-3H3. The second-order valence-electron chi connectivity index (χ2n) is 4.75. The van der Waals surface area contributed by atoms with E-state index in [-0.39, 0.29) is 0 Å². The number of aryl methyl sites for hydroxylation is 2. The van der Waals surface area contributed by atoms with Gasteiger partial charge >= 0.3 is 0 Å². The van der Waals surface area contributed by atoms with Crippen molar-refractivity contribution in [2.45, 2.75) is 46.2 Å². The number of thiophene rings is 1. The van der Waals surface area contributed by atoms with Gasteiger partial charge < -0.3 is 5.32 Å². The predicted octanol–water partition coefficient (Wildman–Crippen LogP) is 3.42. The minimum absolute atomic E-state index is 0.422. The Balaban J connectivity index is 1.87. The van der Waals surface area contributed by atoms with Crippen molar-refractivity contribution >= 4 is 11.3 Å². The van der Waals surface area contributed by atoms with Gasteiger partial charge in [-0.05, 0) is 37.3 Å². The molecule has 1 atom stereocenters. The number of aromatic nitrogens is 2. The topological polar surface area (TPSA) is 29.9 Å². The monoisotopic (exact) mass is 277 g/mol. The predicted molar refractivity (Wildman–Crippen MR) is 81.7 cm³/mol. The molecule has 0 amide bonds. The Hall–Kier alpha value is -1.13. The lowest BCUT2D eigenvalue weighted by atomic mass is 10.2. The van der Waals surface area contributed by atoms with Crippen LogP contribution in [0.1, 0.15) is 43.1 Å². The Morgan fingerprint density at radius 1 is 1.37 bits per heavy atom. The summed E-state index contributed by atoms with van der Waals surface area (Å²) in [5.74, 6) is 0. The number of hydrogen-bond acceptors (Lipinski definition) is 3. The molecule has 4 heteroatoms. The number of rotatable bonds is 7. The summed E-state index contributed by atoms with van der Waals surface area (Å²) >= 11 is 1.81. The van der Waals surface area contributed by atoms with Crippen molar-refractivity contribution < 1.29 is 0 Å². The summed E-state index contributed by atoms with van der Waals surface area (Å²) in [6.45, 7) is 8.46. The molecule has 2 rings (SSSR count). The average Bonchev–Trinajstić information content (AvgIpc) is 3.07. The molecule has 0 radical (unpaired) electrons. The van der Waals surface area contributed by atoms with E-state index in [0.717, 1.165) is 25.9 Å². The van der Waals surface area contributed by atoms with Crippen LogP contribution in [0.2, 0.25) is 0 Å². The van der Waals surface area contributed by atoms with Crippen LogP contribution < -0.4 is 5.32 Å². The molecule has 1 N–H and O–H groups in total. The third-order valence-electron chi connectivity index (χ3n) is 3.38. The summed E-state index contributed by atoms with van der Waals surface area (Å²) in [5, 5.41) is 10.3. The lowest BCUT2D eigenvalue weighted by Crippen LogP contribution is -2.23. The van der Waals surface area contributed by atoms with Crippen molar-refractivity contribution in [3.8, 4) is 0 Å². The fraction of sp³-hybridized carbons (Fsp3) is 0.533. The second-order valence-corrected chi connectivity index (χ2v) is 5.73. The van der Waals surface area contributed by atoms with Crippen LogP contribution in [-0.2, 0) is 19.4 Å². The molecule has 0 aliphatic rings. The van der Waals surface area contributed by atoms with E-state index in [2.05, 4.69) is 59.4 Å². The third-order valence-corrected chi connectivity index (χ3v) is 4.44. The van der Waals surface area contributed by atoms with Crippen LogP contribution in [0.5, 0.6) is 0 Å². The summed E-state index contributed by atoms with van der Waals surface area (Å²) in [4.78, 5) is 1.39. The fourth-order valence-electron chi connectivity index (χ4n) is 2.19. The maximum absolute atomic E-state index is 4.64. The first-order valence-electron chi connectivity index (χ1n) is 7.07. The van der Waals surface area contributed by atoms with E-state index in [9.17, 15) is 0 Å². The van der Waals surface area contributed by atoms with E-state index in [4.69, 9.17) is 0 Å². The fourth-order valence-corrected chi connectivity index (χ4v) is 2.95. The Morgan fingerprint density at radius 3 is 2.84 bits per heavy atom. The van der Waals surface area contributed by atoms with Gasteiger partial charge in [-0.1, -0.05) is 19.9 Å². The number of nitrogens with zero attached hydrogens (tertiary/aromatic N) is 2. The molecule has 3 nitrogen and oxygen atoms in total. The molecular formula is C15H23N3S. The van der Waals surface area contributed by atoms with E-state index in [1.54, 1.807) is 0 Å². The molecule has 0 aliphatic heterocycles. The highest BCUT2D eigenvalue weighted by atomic mass is 32.1. The molecule has 0 aliphatic carbocycles. The molecule has 2 aromatic rings. The SMILES string of the molecule is CCc1cc(CC)n(CCNC(C)c2cccs2)n1. The summed E-state index contributed by atoms with van der Waals surface area (Å²) in [6.07, 6.45) is 2.06. The highest BCUT2D eigenvalue weighted by molar-refractivity contribution is 7.10.